The molecule has 1 aliphatic rings. The maximum absolute atomic E-state index is 13.1. The summed E-state index contributed by atoms with van der Waals surface area (Å²) in [5.74, 6) is 0.699. The minimum Gasteiger partial charge on any atom is -0.484 e. The molecule has 148 valence electrons. The summed E-state index contributed by atoms with van der Waals surface area (Å²) in [6.45, 7) is 4.14. The summed E-state index contributed by atoms with van der Waals surface area (Å²) in [5, 5.41) is 3.62. The zero-order valence-electron chi connectivity index (χ0n) is 16.8. The van der Waals surface area contributed by atoms with Gasteiger partial charge in [-0.1, -0.05) is 48.5 Å². The Morgan fingerprint density at radius 1 is 1.03 bits per heavy atom. The van der Waals surface area contributed by atoms with Crippen LogP contribution in [0.15, 0.2) is 78.9 Å². The maximum Gasteiger partial charge on any atom is 0.265 e. The van der Waals surface area contributed by atoms with Crippen LogP contribution in [-0.2, 0) is 4.79 Å². The van der Waals surface area contributed by atoms with E-state index in [9.17, 15) is 4.79 Å². The fourth-order valence-electron chi connectivity index (χ4n) is 3.98. The maximum atomic E-state index is 13.1. The first-order chi connectivity index (χ1) is 14.1. The van der Waals surface area contributed by atoms with E-state index in [1.54, 1.807) is 0 Å². The van der Waals surface area contributed by atoms with Gasteiger partial charge in [0.05, 0.1) is 6.04 Å². The summed E-state index contributed by atoms with van der Waals surface area (Å²) < 4.78 is 5.78. The highest BCUT2D eigenvalue weighted by Gasteiger charge is 2.33. The standard InChI is InChI=1S/C25H26N2O2/c1-18-9-8-12-21(15-18)29-17-25(28)27-19(2)16-23(22-13-6-7-14-24(22)27)26-20-10-4-3-5-11-20/h3-15,19,23,26H,16-17H2,1-2H3. The third-order valence-electron chi connectivity index (χ3n) is 5.32. The van der Waals surface area contributed by atoms with Crippen molar-refractivity contribution in [2.45, 2.75) is 32.4 Å². The number of anilines is 2. The summed E-state index contributed by atoms with van der Waals surface area (Å²) in [6.07, 6.45) is 0.835. The summed E-state index contributed by atoms with van der Waals surface area (Å²) in [7, 11) is 0. The fourth-order valence-corrected chi connectivity index (χ4v) is 3.98. The second-order valence-corrected chi connectivity index (χ2v) is 7.58. The predicted molar refractivity (Wildman–Crippen MR) is 117 cm³/mol. The topological polar surface area (TPSA) is 41.6 Å². The number of hydrogen-bond acceptors (Lipinski definition) is 3. The van der Waals surface area contributed by atoms with Crippen LogP contribution in [0.3, 0.4) is 0 Å². The number of nitrogens with one attached hydrogen (secondary N) is 1. The quantitative estimate of drug-likeness (QED) is 0.642. The van der Waals surface area contributed by atoms with E-state index >= 15 is 0 Å². The predicted octanol–water partition coefficient (Wildman–Crippen LogP) is 5.35. The molecule has 4 rings (SSSR count). The van der Waals surface area contributed by atoms with E-state index in [1.807, 2.05) is 72.5 Å². The first-order valence-corrected chi connectivity index (χ1v) is 10.0. The van der Waals surface area contributed by atoms with Gasteiger partial charge in [0.15, 0.2) is 6.61 Å². The first-order valence-electron chi connectivity index (χ1n) is 10.0. The second-order valence-electron chi connectivity index (χ2n) is 7.58. The van der Waals surface area contributed by atoms with Gasteiger partial charge in [-0.2, -0.15) is 0 Å². The largest absolute Gasteiger partial charge is 0.484 e. The molecule has 0 bridgehead atoms. The van der Waals surface area contributed by atoms with Crippen LogP contribution in [0.25, 0.3) is 0 Å². The Labute approximate surface area is 172 Å². The number of carbonyl (C=O) groups excluding carboxylic acids is 1. The Kier molecular flexibility index (Phi) is 5.52. The molecule has 1 heterocycles. The molecule has 0 saturated carbocycles. The van der Waals surface area contributed by atoms with Crippen molar-refractivity contribution >= 4 is 17.3 Å². The lowest BCUT2D eigenvalue weighted by atomic mass is 9.91. The van der Waals surface area contributed by atoms with Gasteiger partial charge in [0.2, 0.25) is 0 Å². The molecule has 0 spiro atoms. The van der Waals surface area contributed by atoms with Crippen LogP contribution in [0.4, 0.5) is 11.4 Å². The van der Waals surface area contributed by atoms with Crippen LogP contribution >= 0.6 is 0 Å². The third-order valence-corrected chi connectivity index (χ3v) is 5.32. The van der Waals surface area contributed by atoms with Crippen LogP contribution in [0.2, 0.25) is 0 Å². The number of aryl methyl sites for hydroxylation is 1. The number of amides is 1. The van der Waals surface area contributed by atoms with E-state index in [0.29, 0.717) is 0 Å². The molecule has 0 aliphatic carbocycles. The third kappa shape index (κ3) is 4.27. The molecule has 4 nitrogen and oxygen atoms in total. The zero-order valence-corrected chi connectivity index (χ0v) is 16.8. The van der Waals surface area contributed by atoms with Crippen LogP contribution < -0.4 is 15.0 Å². The Bertz CT molecular complexity index is 987. The van der Waals surface area contributed by atoms with Crippen molar-refractivity contribution in [2.75, 3.05) is 16.8 Å². The number of hydrogen-bond donors (Lipinski definition) is 1. The minimum atomic E-state index is -0.0235. The molecule has 3 aromatic carbocycles. The van der Waals surface area contributed by atoms with Crippen molar-refractivity contribution in [3.63, 3.8) is 0 Å². The van der Waals surface area contributed by atoms with E-state index in [1.165, 1.54) is 0 Å². The highest BCUT2D eigenvalue weighted by molar-refractivity contribution is 5.96. The minimum absolute atomic E-state index is 0.0235. The Balaban J connectivity index is 1.54. The van der Waals surface area contributed by atoms with Crippen molar-refractivity contribution in [1.29, 1.82) is 0 Å². The number of rotatable bonds is 5. The number of ether oxygens (including phenoxy) is 1. The van der Waals surface area contributed by atoms with Gasteiger partial charge in [-0.25, -0.2) is 0 Å². The SMILES string of the molecule is Cc1cccc(OCC(=O)N2c3ccccc3C(Nc3ccccc3)CC2C)c1. The molecule has 29 heavy (non-hydrogen) atoms. The number of benzene rings is 3. The molecule has 0 aromatic heterocycles. The highest BCUT2D eigenvalue weighted by atomic mass is 16.5. The van der Waals surface area contributed by atoms with Crippen LogP contribution in [0, 0.1) is 6.92 Å². The summed E-state index contributed by atoms with van der Waals surface area (Å²) in [6, 6.07) is 26.3. The average molecular weight is 386 g/mol. The fraction of sp³-hybridized carbons (Fsp3) is 0.240. The average Bonchev–Trinajstić information content (AvgIpc) is 2.73. The molecule has 0 fully saturated rings. The molecule has 2 unspecified atom stereocenters. The lowest BCUT2D eigenvalue weighted by Crippen LogP contribution is -2.46. The van der Waals surface area contributed by atoms with Gasteiger partial charge in [0, 0.05) is 17.4 Å². The molecule has 2 atom stereocenters. The number of carbonyl (C=O) groups is 1. The molecule has 1 amide bonds. The molecule has 0 radical (unpaired) electrons. The van der Waals surface area contributed by atoms with E-state index in [0.717, 1.165) is 34.7 Å². The van der Waals surface area contributed by atoms with E-state index in [-0.39, 0.29) is 24.6 Å². The van der Waals surface area contributed by atoms with Crippen molar-refractivity contribution in [1.82, 2.24) is 0 Å². The summed E-state index contributed by atoms with van der Waals surface area (Å²) in [4.78, 5) is 15.0. The van der Waals surface area contributed by atoms with Gasteiger partial charge in [-0.15, -0.1) is 0 Å². The molecule has 0 saturated heterocycles. The van der Waals surface area contributed by atoms with Gasteiger partial charge in [-0.3, -0.25) is 4.79 Å². The molecule has 1 aliphatic heterocycles. The van der Waals surface area contributed by atoms with Gasteiger partial charge in [0.25, 0.3) is 5.91 Å². The first kappa shape index (κ1) is 19.1. The monoisotopic (exact) mass is 386 g/mol. The van der Waals surface area contributed by atoms with Crippen LogP contribution in [0.5, 0.6) is 5.75 Å². The summed E-state index contributed by atoms with van der Waals surface area (Å²) in [5.41, 5.74) is 4.29. The van der Waals surface area contributed by atoms with Gasteiger partial charge >= 0.3 is 0 Å². The van der Waals surface area contributed by atoms with E-state index in [2.05, 4.69) is 30.4 Å². The number of fused-ring (bicyclic) bond motifs is 1. The van der Waals surface area contributed by atoms with Crippen LogP contribution in [0.1, 0.15) is 30.5 Å². The van der Waals surface area contributed by atoms with Gasteiger partial charge in [-0.05, 0) is 61.7 Å². The van der Waals surface area contributed by atoms with E-state index < -0.39 is 0 Å². The molecule has 1 N–H and O–H groups in total. The Hall–Kier alpha value is -3.27. The highest BCUT2D eigenvalue weighted by Crippen LogP contribution is 2.38. The second kappa shape index (κ2) is 8.39. The van der Waals surface area contributed by atoms with Gasteiger partial charge in [0.1, 0.15) is 5.75 Å². The van der Waals surface area contributed by atoms with Crippen LogP contribution in [-0.4, -0.2) is 18.6 Å². The van der Waals surface area contributed by atoms with Crippen molar-refractivity contribution in [2.24, 2.45) is 0 Å². The molecular formula is C25H26N2O2. The van der Waals surface area contributed by atoms with Crippen molar-refractivity contribution < 1.29 is 9.53 Å². The summed E-state index contributed by atoms with van der Waals surface area (Å²) >= 11 is 0. The number of nitrogens with zero attached hydrogens (tertiary/aromatic N) is 1. The Morgan fingerprint density at radius 3 is 2.59 bits per heavy atom. The smallest absolute Gasteiger partial charge is 0.265 e. The lowest BCUT2D eigenvalue weighted by molar-refractivity contribution is -0.121. The normalized spacial score (nSPS) is 18.1. The van der Waals surface area contributed by atoms with Crippen molar-refractivity contribution in [3.05, 3.63) is 90.0 Å². The molecule has 4 heteroatoms. The van der Waals surface area contributed by atoms with E-state index in [4.69, 9.17) is 4.74 Å². The number of para-hydroxylation sites is 2. The Morgan fingerprint density at radius 2 is 1.79 bits per heavy atom. The molecule has 3 aromatic rings. The zero-order chi connectivity index (χ0) is 20.2. The van der Waals surface area contributed by atoms with Gasteiger partial charge < -0.3 is 15.0 Å². The lowest BCUT2D eigenvalue weighted by Gasteiger charge is -2.40. The van der Waals surface area contributed by atoms with Crippen molar-refractivity contribution in [3.8, 4) is 5.75 Å². The molecular weight excluding hydrogens is 360 g/mol.